The Balaban J connectivity index is 1.33. The minimum Gasteiger partial charge on any atom is -0.340 e. The molecular weight excluding hydrogens is 541 g/mol. The molecule has 4 fully saturated rings. The van der Waals surface area contributed by atoms with Crippen LogP contribution in [0, 0.1) is 0 Å². The molecule has 4 saturated heterocycles. The van der Waals surface area contributed by atoms with E-state index >= 15 is 0 Å². The lowest BCUT2D eigenvalue weighted by Crippen LogP contribution is -2.47. The zero-order valence-corrected chi connectivity index (χ0v) is 23.7. The third-order valence-electron chi connectivity index (χ3n) is 6.72. The van der Waals surface area contributed by atoms with Crippen LogP contribution in [0.1, 0.15) is 12.8 Å². The third kappa shape index (κ3) is 6.10. The van der Waals surface area contributed by atoms with Crippen molar-refractivity contribution >= 4 is 80.2 Å². The molecule has 4 rings (SSSR count). The number of thiocarbonyl (C=S) groups is 2. The van der Waals surface area contributed by atoms with E-state index in [4.69, 9.17) is 24.4 Å². The van der Waals surface area contributed by atoms with E-state index in [0.29, 0.717) is 34.8 Å². The van der Waals surface area contributed by atoms with Crippen molar-refractivity contribution in [3.63, 3.8) is 0 Å². The van der Waals surface area contributed by atoms with E-state index in [2.05, 4.69) is 9.80 Å². The highest BCUT2D eigenvalue weighted by molar-refractivity contribution is 8.29. The van der Waals surface area contributed by atoms with Gasteiger partial charge in [-0.15, -0.1) is 0 Å². The maximum Gasteiger partial charge on any atom is 0.267 e. The zero-order valence-electron chi connectivity index (χ0n) is 20.4. The van der Waals surface area contributed by atoms with Crippen LogP contribution in [0.2, 0.25) is 0 Å². The molecule has 14 heteroatoms. The minimum atomic E-state index is -0.370. The number of nitrogens with zero attached hydrogens (tertiary/aromatic N) is 6. The topological polar surface area (TPSA) is 87.7 Å². The summed E-state index contributed by atoms with van der Waals surface area (Å²) in [5.74, 6) is -0.752. The summed E-state index contributed by atoms with van der Waals surface area (Å²) < 4.78 is 0.661. The molecule has 0 aromatic rings. The Labute approximate surface area is 230 Å². The summed E-state index contributed by atoms with van der Waals surface area (Å²) in [6.45, 7) is 6.37. The molecule has 0 bridgehead atoms. The fourth-order valence-electron chi connectivity index (χ4n) is 4.30. The zero-order chi connectivity index (χ0) is 26.0. The first-order chi connectivity index (χ1) is 17.2. The first kappa shape index (κ1) is 27.5. The number of carbonyl (C=O) groups excluding carboxylic acids is 4. The average Bonchev–Trinajstić information content (AvgIpc) is 3.30. The summed E-state index contributed by atoms with van der Waals surface area (Å²) in [4.78, 5) is 62.7. The highest BCUT2D eigenvalue weighted by Gasteiger charge is 2.42. The molecule has 0 unspecified atom stereocenters. The molecule has 4 heterocycles. The van der Waals surface area contributed by atoms with Gasteiger partial charge in [-0.1, -0.05) is 48.0 Å². The maximum atomic E-state index is 13.1. The van der Waals surface area contributed by atoms with Crippen molar-refractivity contribution in [3.8, 4) is 0 Å². The Hall–Kier alpha value is -1.58. The predicted molar refractivity (Wildman–Crippen MR) is 148 cm³/mol. The van der Waals surface area contributed by atoms with Crippen LogP contribution < -0.4 is 0 Å². The number of thioether (sulfide) groups is 2. The van der Waals surface area contributed by atoms with Crippen molar-refractivity contribution in [1.82, 2.24) is 29.4 Å². The Kier molecular flexibility index (Phi) is 9.05. The van der Waals surface area contributed by atoms with Gasteiger partial charge >= 0.3 is 0 Å². The fourth-order valence-corrected chi connectivity index (χ4v) is 7.07. The fraction of sp³-hybridized carbons (Fsp3) is 0.636. The standard InChI is InChI=1S/C22H30N6O4S4/c1-23-7-11-25(12-8-23)15(29)3-5-27-19(31)17(35-21(27)33)18-20(32)28(22(34)36-18)6-4-16(30)26-13-9-24(2)10-14-26/h3-14H2,1-2H3. The summed E-state index contributed by atoms with van der Waals surface area (Å²) in [7, 11) is 4.05. The Morgan fingerprint density at radius 3 is 1.33 bits per heavy atom. The normalized spacial score (nSPS) is 24.5. The molecule has 0 N–H and O–H groups in total. The van der Waals surface area contributed by atoms with Crippen LogP contribution in [0.4, 0.5) is 0 Å². The Morgan fingerprint density at radius 1 is 0.667 bits per heavy atom. The largest absolute Gasteiger partial charge is 0.340 e. The average molecular weight is 571 g/mol. The highest BCUT2D eigenvalue weighted by Crippen LogP contribution is 2.42. The van der Waals surface area contributed by atoms with Gasteiger partial charge < -0.3 is 19.6 Å². The van der Waals surface area contributed by atoms with Gasteiger partial charge in [-0.25, -0.2) is 0 Å². The van der Waals surface area contributed by atoms with Crippen molar-refractivity contribution < 1.29 is 19.2 Å². The van der Waals surface area contributed by atoms with Gasteiger partial charge in [0.1, 0.15) is 8.64 Å². The summed E-state index contributed by atoms with van der Waals surface area (Å²) in [5, 5.41) is 0. The van der Waals surface area contributed by atoms with Gasteiger partial charge in [-0.2, -0.15) is 0 Å². The lowest BCUT2D eigenvalue weighted by Gasteiger charge is -2.32. The second-order valence-corrected chi connectivity index (χ2v) is 12.5. The molecule has 36 heavy (non-hydrogen) atoms. The molecule has 0 radical (unpaired) electrons. The van der Waals surface area contributed by atoms with Crippen LogP contribution in [0.15, 0.2) is 9.81 Å². The van der Waals surface area contributed by atoms with Crippen molar-refractivity contribution in [2.45, 2.75) is 12.8 Å². The quantitative estimate of drug-likeness (QED) is 0.327. The smallest absolute Gasteiger partial charge is 0.267 e. The molecule has 10 nitrogen and oxygen atoms in total. The molecule has 4 aliphatic heterocycles. The van der Waals surface area contributed by atoms with Gasteiger partial charge in [0, 0.05) is 78.3 Å². The number of likely N-dealkylation sites (N-methyl/N-ethyl adjacent to an activating group) is 2. The molecule has 0 atom stereocenters. The van der Waals surface area contributed by atoms with E-state index < -0.39 is 0 Å². The van der Waals surface area contributed by atoms with Crippen molar-refractivity contribution in [3.05, 3.63) is 9.81 Å². The molecule has 0 aromatic carbocycles. The lowest BCUT2D eigenvalue weighted by molar-refractivity contribution is -0.134. The Morgan fingerprint density at radius 2 is 1.00 bits per heavy atom. The van der Waals surface area contributed by atoms with Crippen LogP contribution in [-0.2, 0) is 19.2 Å². The number of piperazine rings is 2. The number of rotatable bonds is 6. The molecule has 196 valence electrons. The van der Waals surface area contributed by atoms with Crippen LogP contribution >= 0.6 is 48.0 Å². The molecule has 4 aliphatic rings. The van der Waals surface area contributed by atoms with E-state index in [1.165, 1.54) is 9.80 Å². The molecule has 0 aliphatic carbocycles. The van der Waals surface area contributed by atoms with Crippen molar-refractivity contribution in [2.24, 2.45) is 0 Å². The highest BCUT2D eigenvalue weighted by atomic mass is 32.2. The van der Waals surface area contributed by atoms with Crippen molar-refractivity contribution in [1.29, 1.82) is 0 Å². The van der Waals surface area contributed by atoms with E-state index in [-0.39, 0.29) is 59.4 Å². The molecule has 0 saturated carbocycles. The van der Waals surface area contributed by atoms with E-state index in [9.17, 15) is 19.2 Å². The van der Waals surface area contributed by atoms with Crippen molar-refractivity contribution in [2.75, 3.05) is 79.5 Å². The first-order valence-corrected chi connectivity index (χ1v) is 14.3. The number of hydrogen-bond donors (Lipinski definition) is 0. The van der Waals surface area contributed by atoms with Gasteiger partial charge in [-0.3, -0.25) is 29.0 Å². The van der Waals surface area contributed by atoms with E-state index in [1.54, 1.807) is 0 Å². The number of amides is 4. The van der Waals surface area contributed by atoms with Crippen LogP contribution in [0.3, 0.4) is 0 Å². The molecule has 0 spiro atoms. The molecule has 4 amide bonds. The van der Waals surface area contributed by atoms with Crippen LogP contribution in [0.25, 0.3) is 0 Å². The summed E-state index contributed by atoms with van der Waals surface area (Å²) in [5.41, 5.74) is 0. The summed E-state index contributed by atoms with van der Waals surface area (Å²) in [6.07, 6.45) is 0.359. The molecule has 0 aromatic heterocycles. The van der Waals surface area contributed by atoms with E-state index in [1.807, 2.05) is 23.9 Å². The van der Waals surface area contributed by atoms with Gasteiger partial charge in [-0.05, 0) is 14.1 Å². The Bertz CT molecular complexity index is 926. The summed E-state index contributed by atoms with van der Waals surface area (Å²) >= 11 is 12.9. The third-order valence-corrected chi connectivity index (χ3v) is 9.74. The van der Waals surface area contributed by atoms with Gasteiger partial charge in [0.05, 0.1) is 9.81 Å². The second kappa shape index (κ2) is 11.9. The first-order valence-electron chi connectivity index (χ1n) is 11.9. The van der Waals surface area contributed by atoms with Gasteiger partial charge in [0.15, 0.2) is 0 Å². The van der Waals surface area contributed by atoms with Crippen LogP contribution in [0.5, 0.6) is 0 Å². The predicted octanol–water partition coefficient (Wildman–Crippen LogP) is 0.247. The minimum absolute atomic E-state index is 0.00603. The van der Waals surface area contributed by atoms with Gasteiger partial charge in [0.2, 0.25) is 11.8 Å². The van der Waals surface area contributed by atoms with Gasteiger partial charge in [0.25, 0.3) is 11.8 Å². The SMILES string of the molecule is CN1CCN(C(=O)CCN2C(=O)C(=C3SC(=S)N(CCC(=O)N4CCN(C)CC4)C3=O)SC2=S)CC1. The number of hydrogen-bond acceptors (Lipinski definition) is 10. The molecular formula is C22H30N6O4S4. The monoisotopic (exact) mass is 570 g/mol. The number of carbonyl (C=O) groups is 4. The van der Waals surface area contributed by atoms with Crippen LogP contribution in [-0.4, -0.2) is 141 Å². The second-order valence-electron chi connectivity index (χ2n) is 9.18. The lowest BCUT2D eigenvalue weighted by atomic mass is 10.2. The maximum absolute atomic E-state index is 13.1. The summed E-state index contributed by atoms with van der Waals surface area (Å²) in [6, 6.07) is 0. The van der Waals surface area contributed by atoms with E-state index in [0.717, 1.165) is 49.7 Å².